The van der Waals surface area contributed by atoms with E-state index in [0.717, 1.165) is 11.4 Å². The van der Waals surface area contributed by atoms with E-state index in [2.05, 4.69) is 20.6 Å². The second-order valence-electron chi connectivity index (χ2n) is 5.39. The van der Waals surface area contributed by atoms with Crippen LogP contribution in [0.4, 0.5) is 16.0 Å². The summed E-state index contributed by atoms with van der Waals surface area (Å²) in [6, 6.07) is 15.0. The Kier molecular flexibility index (Phi) is 5.38. The Bertz CT molecular complexity index is 900. The van der Waals surface area contributed by atoms with Gasteiger partial charge in [0.2, 0.25) is 5.95 Å². The largest absolute Gasteiger partial charge is 0.497 e. The molecule has 1 heterocycles. The van der Waals surface area contributed by atoms with Crippen LogP contribution in [0.1, 0.15) is 16.1 Å². The number of aromatic nitrogens is 2. The summed E-state index contributed by atoms with van der Waals surface area (Å²) in [5, 5.41) is 5.66. The molecule has 1 amide bonds. The molecule has 0 fully saturated rings. The number of carbonyl (C=O) groups excluding carboxylic acids is 1. The molecule has 3 rings (SSSR count). The zero-order valence-electron chi connectivity index (χ0n) is 14.1. The molecule has 132 valence electrons. The summed E-state index contributed by atoms with van der Waals surface area (Å²) >= 11 is 0. The van der Waals surface area contributed by atoms with Gasteiger partial charge in [0.15, 0.2) is 0 Å². The van der Waals surface area contributed by atoms with Crippen LogP contribution in [0.5, 0.6) is 5.75 Å². The number of amides is 1. The van der Waals surface area contributed by atoms with Gasteiger partial charge in [-0.15, -0.1) is 0 Å². The fraction of sp³-hybridized carbons (Fsp3) is 0.105. The Morgan fingerprint density at radius 3 is 2.62 bits per heavy atom. The maximum absolute atomic E-state index is 13.6. The minimum absolute atomic E-state index is 0.0801. The van der Waals surface area contributed by atoms with Crippen molar-refractivity contribution >= 4 is 17.5 Å². The van der Waals surface area contributed by atoms with Crippen LogP contribution < -0.4 is 15.4 Å². The van der Waals surface area contributed by atoms with Crippen molar-refractivity contribution in [3.8, 4) is 5.75 Å². The highest BCUT2D eigenvalue weighted by atomic mass is 19.1. The first-order valence-electron chi connectivity index (χ1n) is 7.91. The third-order valence-electron chi connectivity index (χ3n) is 3.63. The molecule has 7 heteroatoms. The number of hydrogen-bond acceptors (Lipinski definition) is 5. The van der Waals surface area contributed by atoms with Crippen LogP contribution in [-0.4, -0.2) is 23.0 Å². The average molecular weight is 352 g/mol. The minimum atomic E-state index is -0.409. The van der Waals surface area contributed by atoms with Gasteiger partial charge in [-0.05, 0) is 36.4 Å². The molecular formula is C19H17FN4O2. The van der Waals surface area contributed by atoms with Crippen LogP contribution in [0.3, 0.4) is 0 Å². The number of ether oxygens (including phenoxy) is 1. The third-order valence-corrected chi connectivity index (χ3v) is 3.63. The normalized spacial score (nSPS) is 10.2. The van der Waals surface area contributed by atoms with E-state index in [0.29, 0.717) is 5.56 Å². The summed E-state index contributed by atoms with van der Waals surface area (Å²) < 4.78 is 18.7. The number of halogens is 1. The van der Waals surface area contributed by atoms with Crippen LogP contribution in [0.2, 0.25) is 0 Å². The second-order valence-corrected chi connectivity index (χ2v) is 5.39. The maximum Gasteiger partial charge on any atom is 0.270 e. The van der Waals surface area contributed by atoms with Gasteiger partial charge in [0.25, 0.3) is 5.91 Å². The number of methoxy groups -OCH3 is 1. The number of hydrogen-bond donors (Lipinski definition) is 2. The molecule has 26 heavy (non-hydrogen) atoms. The highest BCUT2D eigenvalue weighted by Crippen LogP contribution is 2.17. The Balaban J connectivity index is 1.66. The van der Waals surface area contributed by atoms with Gasteiger partial charge in [-0.25, -0.2) is 14.4 Å². The number of nitrogens with one attached hydrogen (secondary N) is 2. The van der Waals surface area contributed by atoms with Crippen molar-refractivity contribution in [2.45, 2.75) is 6.54 Å². The molecule has 0 unspecified atom stereocenters. The molecule has 0 radical (unpaired) electrons. The lowest BCUT2D eigenvalue weighted by molar-refractivity contribution is 0.0945. The molecule has 0 saturated heterocycles. The van der Waals surface area contributed by atoms with Crippen LogP contribution >= 0.6 is 0 Å². The third kappa shape index (κ3) is 4.32. The molecule has 0 saturated carbocycles. The number of carbonyl (C=O) groups is 1. The molecule has 0 aliphatic carbocycles. The quantitative estimate of drug-likeness (QED) is 0.712. The molecule has 6 nitrogen and oxygen atoms in total. The van der Waals surface area contributed by atoms with E-state index in [1.54, 1.807) is 37.4 Å². The van der Waals surface area contributed by atoms with Gasteiger partial charge in [0.05, 0.1) is 7.11 Å². The van der Waals surface area contributed by atoms with E-state index in [4.69, 9.17) is 4.74 Å². The first kappa shape index (κ1) is 17.3. The summed E-state index contributed by atoms with van der Waals surface area (Å²) in [7, 11) is 1.59. The van der Waals surface area contributed by atoms with E-state index in [-0.39, 0.29) is 24.0 Å². The van der Waals surface area contributed by atoms with E-state index < -0.39 is 5.91 Å². The van der Waals surface area contributed by atoms with Crippen molar-refractivity contribution in [1.82, 2.24) is 15.3 Å². The van der Waals surface area contributed by atoms with E-state index in [1.807, 2.05) is 12.1 Å². The van der Waals surface area contributed by atoms with E-state index in [1.165, 1.54) is 18.3 Å². The SMILES string of the molecule is COc1ccc(Nc2nccc(C(=O)NCc3ccccc3F)n2)cc1. The second kappa shape index (κ2) is 8.06. The molecule has 2 aromatic carbocycles. The van der Waals surface area contributed by atoms with Crippen molar-refractivity contribution in [2.75, 3.05) is 12.4 Å². The monoisotopic (exact) mass is 352 g/mol. The zero-order valence-corrected chi connectivity index (χ0v) is 14.1. The maximum atomic E-state index is 13.6. The zero-order chi connectivity index (χ0) is 18.4. The van der Waals surface area contributed by atoms with Crippen LogP contribution in [0.15, 0.2) is 60.8 Å². The first-order chi connectivity index (χ1) is 12.7. The molecule has 0 spiro atoms. The molecule has 0 aliphatic heterocycles. The van der Waals surface area contributed by atoms with Crippen LogP contribution in [0, 0.1) is 5.82 Å². The van der Waals surface area contributed by atoms with Crippen molar-refractivity contribution < 1.29 is 13.9 Å². The Morgan fingerprint density at radius 2 is 1.88 bits per heavy atom. The number of benzene rings is 2. The topological polar surface area (TPSA) is 76.1 Å². The molecule has 0 bridgehead atoms. The summed E-state index contributed by atoms with van der Waals surface area (Å²) in [5.74, 6) is 0.247. The number of nitrogens with zero attached hydrogens (tertiary/aromatic N) is 2. The predicted octanol–water partition coefficient (Wildman–Crippen LogP) is 3.30. The summed E-state index contributed by atoms with van der Waals surface area (Å²) in [6.07, 6.45) is 1.48. The summed E-state index contributed by atoms with van der Waals surface area (Å²) in [5.41, 5.74) is 1.36. The van der Waals surface area contributed by atoms with Gasteiger partial charge in [-0.3, -0.25) is 4.79 Å². The van der Waals surface area contributed by atoms with E-state index >= 15 is 0 Å². The standard InChI is InChI=1S/C19H17FN4O2/c1-26-15-8-6-14(7-9-15)23-19-21-11-10-17(24-19)18(25)22-12-13-4-2-3-5-16(13)20/h2-11H,12H2,1H3,(H,22,25)(H,21,23,24). The van der Waals surface area contributed by atoms with E-state index in [9.17, 15) is 9.18 Å². The Labute approximate surface area is 150 Å². The Morgan fingerprint density at radius 1 is 1.12 bits per heavy atom. The molecular weight excluding hydrogens is 335 g/mol. The van der Waals surface area contributed by atoms with Crippen molar-refractivity contribution in [3.63, 3.8) is 0 Å². The van der Waals surface area contributed by atoms with Gasteiger partial charge in [0, 0.05) is 24.0 Å². The predicted molar refractivity (Wildman–Crippen MR) is 95.9 cm³/mol. The summed E-state index contributed by atoms with van der Waals surface area (Å²) in [4.78, 5) is 20.5. The van der Waals surface area contributed by atoms with Crippen molar-refractivity contribution in [2.24, 2.45) is 0 Å². The lowest BCUT2D eigenvalue weighted by atomic mass is 10.2. The molecule has 2 N–H and O–H groups in total. The minimum Gasteiger partial charge on any atom is -0.497 e. The smallest absolute Gasteiger partial charge is 0.270 e. The number of anilines is 2. The fourth-order valence-electron chi connectivity index (χ4n) is 2.26. The van der Waals surface area contributed by atoms with Crippen molar-refractivity contribution in [1.29, 1.82) is 0 Å². The van der Waals surface area contributed by atoms with Gasteiger partial charge in [-0.2, -0.15) is 0 Å². The summed E-state index contributed by atoms with van der Waals surface area (Å²) in [6.45, 7) is 0.0801. The molecule has 3 aromatic rings. The van der Waals surface area contributed by atoms with Gasteiger partial charge in [-0.1, -0.05) is 18.2 Å². The fourth-order valence-corrected chi connectivity index (χ4v) is 2.26. The Hall–Kier alpha value is -3.48. The highest BCUT2D eigenvalue weighted by Gasteiger charge is 2.10. The molecule has 0 aliphatic rings. The first-order valence-corrected chi connectivity index (χ1v) is 7.91. The van der Waals surface area contributed by atoms with Crippen LogP contribution in [0.25, 0.3) is 0 Å². The van der Waals surface area contributed by atoms with Crippen LogP contribution in [-0.2, 0) is 6.54 Å². The average Bonchev–Trinajstić information content (AvgIpc) is 2.68. The van der Waals surface area contributed by atoms with Gasteiger partial charge < -0.3 is 15.4 Å². The molecule has 1 aromatic heterocycles. The van der Waals surface area contributed by atoms with Gasteiger partial charge >= 0.3 is 0 Å². The van der Waals surface area contributed by atoms with Crippen molar-refractivity contribution in [3.05, 3.63) is 77.9 Å². The molecule has 0 atom stereocenters. The lowest BCUT2D eigenvalue weighted by Gasteiger charge is -2.08. The lowest BCUT2D eigenvalue weighted by Crippen LogP contribution is -2.24. The highest BCUT2D eigenvalue weighted by molar-refractivity contribution is 5.92. The van der Waals surface area contributed by atoms with Gasteiger partial charge in [0.1, 0.15) is 17.3 Å². The number of rotatable bonds is 6.